The number of aliphatic hydroxyl groups excluding tert-OH is 1. The van der Waals surface area contributed by atoms with Crippen molar-refractivity contribution in [1.29, 1.82) is 0 Å². The number of para-hydroxylation sites is 1. The fourth-order valence-electron chi connectivity index (χ4n) is 2.77. The number of anilines is 1. The lowest BCUT2D eigenvalue weighted by atomic mass is 9.93. The van der Waals surface area contributed by atoms with Gasteiger partial charge in [0.1, 0.15) is 11.5 Å². The molecule has 27 heavy (non-hydrogen) atoms. The first-order chi connectivity index (χ1) is 12.8. The maximum absolute atomic E-state index is 12.1. The van der Waals surface area contributed by atoms with Crippen LogP contribution >= 0.6 is 0 Å². The Kier molecular flexibility index (Phi) is 4.91. The number of hydrogen-bond donors (Lipinski definition) is 4. The highest BCUT2D eigenvalue weighted by Crippen LogP contribution is 2.33. The van der Waals surface area contributed by atoms with Crippen LogP contribution in [0.5, 0.6) is 5.75 Å². The number of aromatic hydroxyl groups is 1. The van der Waals surface area contributed by atoms with Crippen molar-refractivity contribution in [2.24, 2.45) is 0 Å². The number of aliphatic hydroxyl groups is 1. The smallest absolute Gasteiger partial charge is 0.257 e. The molecular formula is C19H21N3O5. The van der Waals surface area contributed by atoms with Crippen molar-refractivity contribution in [1.82, 2.24) is 10.2 Å². The fraction of sp³-hybridized carbons (Fsp3) is 0.263. The van der Waals surface area contributed by atoms with Crippen LogP contribution < -0.4 is 10.6 Å². The number of phenols is 1. The SMILES string of the molecule is CC(NC1=C(Nc2cccc(C(=O)N(C)C)c2O)C(=O)C1O)c1ccco1. The van der Waals surface area contributed by atoms with Crippen LogP contribution in [0.25, 0.3) is 0 Å². The fourth-order valence-corrected chi connectivity index (χ4v) is 2.77. The van der Waals surface area contributed by atoms with Gasteiger partial charge in [0.05, 0.1) is 29.3 Å². The minimum absolute atomic E-state index is 0.108. The minimum Gasteiger partial charge on any atom is -0.505 e. The number of carbonyl (C=O) groups is 2. The van der Waals surface area contributed by atoms with E-state index >= 15 is 0 Å². The molecule has 1 aliphatic rings. The Morgan fingerprint density at radius 3 is 2.63 bits per heavy atom. The van der Waals surface area contributed by atoms with Gasteiger partial charge in [-0.2, -0.15) is 0 Å². The largest absolute Gasteiger partial charge is 0.505 e. The minimum atomic E-state index is -1.28. The number of nitrogens with one attached hydrogen (secondary N) is 2. The number of nitrogens with zero attached hydrogens (tertiary/aromatic N) is 1. The Morgan fingerprint density at radius 2 is 2.00 bits per heavy atom. The van der Waals surface area contributed by atoms with Crippen molar-refractivity contribution in [2.45, 2.75) is 19.1 Å². The third-order valence-corrected chi connectivity index (χ3v) is 4.31. The van der Waals surface area contributed by atoms with E-state index in [1.807, 2.05) is 6.92 Å². The number of rotatable bonds is 6. The Bertz CT molecular complexity index is 902. The average molecular weight is 371 g/mol. The van der Waals surface area contributed by atoms with E-state index in [0.717, 1.165) is 0 Å². The molecular weight excluding hydrogens is 350 g/mol. The molecule has 1 aromatic carbocycles. The van der Waals surface area contributed by atoms with Crippen molar-refractivity contribution >= 4 is 17.4 Å². The van der Waals surface area contributed by atoms with E-state index in [1.165, 1.54) is 17.2 Å². The van der Waals surface area contributed by atoms with E-state index in [-0.39, 0.29) is 34.6 Å². The second-order valence-corrected chi connectivity index (χ2v) is 6.46. The van der Waals surface area contributed by atoms with Gasteiger partial charge >= 0.3 is 0 Å². The molecule has 8 heteroatoms. The Morgan fingerprint density at radius 1 is 1.26 bits per heavy atom. The molecule has 0 saturated carbocycles. The number of hydrogen-bond acceptors (Lipinski definition) is 7. The van der Waals surface area contributed by atoms with Crippen LogP contribution in [0.4, 0.5) is 5.69 Å². The molecule has 2 aromatic rings. The summed E-state index contributed by atoms with van der Waals surface area (Å²) in [5.41, 5.74) is 0.734. The maximum Gasteiger partial charge on any atom is 0.257 e. The van der Waals surface area contributed by atoms with Crippen molar-refractivity contribution in [2.75, 3.05) is 19.4 Å². The lowest BCUT2D eigenvalue weighted by molar-refractivity contribution is -0.124. The summed E-state index contributed by atoms with van der Waals surface area (Å²) in [6, 6.07) is 7.88. The predicted octanol–water partition coefficient (Wildman–Crippen LogP) is 1.60. The van der Waals surface area contributed by atoms with Crippen LogP contribution in [0.2, 0.25) is 0 Å². The summed E-state index contributed by atoms with van der Waals surface area (Å²) < 4.78 is 5.31. The van der Waals surface area contributed by atoms with Crippen LogP contribution in [0.15, 0.2) is 52.4 Å². The molecule has 1 aromatic heterocycles. The van der Waals surface area contributed by atoms with Gasteiger partial charge in [-0.25, -0.2) is 0 Å². The molecule has 2 atom stereocenters. The summed E-state index contributed by atoms with van der Waals surface area (Å²) >= 11 is 0. The first-order valence-electron chi connectivity index (χ1n) is 8.38. The van der Waals surface area contributed by atoms with E-state index in [1.54, 1.807) is 38.4 Å². The van der Waals surface area contributed by atoms with Gasteiger partial charge in [0.15, 0.2) is 11.9 Å². The summed E-state index contributed by atoms with van der Waals surface area (Å²) in [6.45, 7) is 1.83. The van der Waals surface area contributed by atoms with Gasteiger partial charge < -0.3 is 30.2 Å². The van der Waals surface area contributed by atoms with Gasteiger partial charge in [-0.15, -0.1) is 0 Å². The topological polar surface area (TPSA) is 115 Å². The summed E-state index contributed by atoms with van der Waals surface area (Å²) in [5.74, 6) is -0.492. The van der Waals surface area contributed by atoms with Crippen LogP contribution in [0, 0.1) is 0 Å². The molecule has 8 nitrogen and oxygen atoms in total. The molecule has 1 heterocycles. The monoisotopic (exact) mass is 371 g/mol. The summed E-state index contributed by atoms with van der Waals surface area (Å²) in [4.78, 5) is 25.6. The van der Waals surface area contributed by atoms with Gasteiger partial charge in [-0.1, -0.05) is 6.07 Å². The van der Waals surface area contributed by atoms with Crippen molar-refractivity contribution in [3.63, 3.8) is 0 Å². The molecule has 142 valence electrons. The van der Waals surface area contributed by atoms with E-state index in [4.69, 9.17) is 4.42 Å². The quantitative estimate of drug-likeness (QED) is 0.570. The zero-order valence-electron chi connectivity index (χ0n) is 15.2. The molecule has 0 bridgehead atoms. The first-order valence-corrected chi connectivity index (χ1v) is 8.38. The molecule has 3 rings (SSSR count). The number of carbonyl (C=O) groups excluding carboxylic acids is 2. The third-order valence-electron chi connectivity index (χ3n) is 4.31. The normalized spacial score (nSPS) is 17.3. The van der Waals surface area contributed by atoms with Crippen molar-refractivity contribution in [3.05, 3.63) is 59.3 Å². The highest BCUT2D eigenvalue weighted by atomic mass is 16.3. The van der Waals surface area contributed by atoms with Gasteiger partial charge in [0.25, 0.3) is 5.91 Å². The lowest BCUT2D eigenvalue weighted by Gasteiger charge is -2.31. The second kappa shape index (κ2) is 7.16. The number of phenolic OH excluding ortho intramolecular Hbond substituents is 1. The highest BCUT2D eigenvalue weighted by molar-refractivity contribution is 6.11. The Hall–Kier alpha value is -3.26. The molecule has 0 spiro atoms. The van der Waals surface area contributed by atoms with Gasteiger partial charge in [-0.05, 0) is 31.2 Å². The van der Waals surface area contributed by atoms with E-state index in [9.17, 15) is 19.8 Å². The van der Waals surface area contributed by atoms with E-state index < -0.39 is 11.9 Å². The molecule has 0 aliphatic heterocycles. The van der Waals surface area contributed by atoms with Gasteiger partial charge in [0, 0.05) is 14.1 Å². The average Bonchev–Trinajstić information content (AvgIpc) is 3.19. The second-order valence-electron chi connectivity index (χ2n) is 6.46. The molecule has 1 amide bonds. The van der Waals surface area contributed by atoms with E-state index in [2.05, 4.69) is 10.6 Å². The van der Waals surface area contributed by atoms with Gasteiger partial charge in [0.2, 0.25) is 5.78 Å². The zero-order valence-corrected chi connectivity index (χ0v) is 15.2. The Balaban J connectivity index is 1.87. The van der Waals surface area contributed by atoms with Crippen LogP contribution in [-0.2, 0) is 4.79 Å². The number of ketones is 1. The molecule has 1 aliphatic carbocycles. The summed E-state index contributed by atoms with van der Waals surface area (Å²) in [7, 11) is 3.16. The molecule has 4 N–H and O–H groups in total. The lowest BCUT2D eigenvalue weighted by Crippen LogP contribution is -2.46. The number of Topliss-reactive ketones (excluding diaryl/α,β-unsaturated/α-hetero) is 1. The van der Waals surface area contributed by atoms with Crippen molar-refractivity contribution < 1.29 is 24.2 Å². The Labute approximate surface area is 156 Å². The standard InChI is InChI=1S/C19H21N3O5/c1-10(13-8-5-9-27-13)20-14-15(18(25)17(14)24)21-12-7-4-6-11(16(12)23)19(26)22(2)3/h4-10,17,20-21,23-24H,1-3H3. The summed E-state index contributed by atoms with van der Waals surface area (Å²) in [6.07, 6.45) is 0.257. The van der Waals surface area contributed by atoms with Crippen LogP contribution in [-0.4, -0.2) is 47.0 Å². The number of furan rings is 1. The third kappa shape index (κ3) is 3.39. The highest BCUT2D eigenvalue weighted by Gasteiger charge is 2.39. The first kappa shape index (κ1) is 18.5. The predicted molar refractivity (Wildman–Crippen MR) is 98.0 cm³/mol. The molecule has 0 radical (unpaired) electrons. The van der Waals surface area contributed by atoms with Crippen LogP contribution in [0.3, 0.4) is 0 Å². The van der Waals surface area contributed by atoms with Crippen molar-refractivity contribution in [3.8, 4) is 5.75 Å². The van der Waals surface area contributed by atoms with Crippen LogP contribution in [0.1, 0.15) is 29.1 Å². The van der Waals surface area contributed by atoms with E-state index in [0.29, 0.717) is 11.5 Å². The molecule has 0 saturated heterocycles. The number of benzene rings is 1. The number of amides is 1. The zero-order chi connectivity index (χ0) is 19.7. The molecule has 0 fully saturated rings. The summed E-state index contributed by atoms with van der Waals surface area (Å²) in [5, 5.41) is 26.3. The maximum atomic E-state index is 12.1. The molecule has 2 unspecified atom stereocenters. The van der Waals surface area contributed by atoms with Gasteiger partial charge in [-0.3, -0.25) is 9.59 Å².